The molecule has 0 saturated heterocycles. The Balaban J connectivity index is -0.000000139. The summed E-state index contributed by atoms with van der Waals surface area (Å²) >= 11 is 0. The molecule has 0 saturated carbocycles. The van der Waals surface area contributed by atoms with Gasteiger partial charge in [0.2, 0.25) is 0 Å². The number of hydrogen-bond donors (Lipinski definition) is 4. The van der Waals surface area contributed by atoms with Gasteiger partial charge in [0.15, 0.2) is 0 Å². The van der Waals surface area contributed by atoms with Crippen molar-refractivity contribution in [2.24, 2.45) is 0 Å². The van der Waals surface area contributed by atoms with Crippen LogP contribution >= 0.6 is 0 Å². The molecular formula is C20H20F12O8Zr. The molecule has 0 aromatic carbocycles. The number of carbonyl (C=O) groups excluding carboxylic acids is 4. The number of carbonyl (C=O) groups is 4. The molecule has 0 aliphatic carbocycles. The number of alkyl halides is 12. The van der Waals surface area contributed by atoms with Crippen molar-refractivity contribution in [1.29, 1.82) is 0 Å². The first-order chi connectivity index (χ1) is 17.3. The molecule has 41 heavy (non-hydrogen) atoms. The average molecular weight is 708 g/mol. The standard InChI is InChI=1S/4C5H5F3O2.Zr/c4*1-3(9)2-4(10)5(6,7)8;/h4*2,9H,1H3;/b4*3-2+;. The van der Waals surface area contributed by atoms with E-state index in [1.165, 1.54) is 0 Å². The number of aliphatic hydroxyl groups excluding tert-OH is 4. The van der Waals surface area contributed by atoms with Gasteiger partial charge in [-0.3, -0.25) is 19.2 Å². The van der Waals surface area contributed by atoms with E-state index in [-0.39, 0.29) is 50.5 Å². The van der Waals surface area contributed by atoms with Crippen molar-refractivity contribution in [3.63, 3.8) is 0 Å². The van der Waals surface area contributed by atoms with Crippen molar-refractivity contribution in [2.75, 3.05) is 0 Å². The first-order valence-electron chi connectivity index (χ1n) is 9.29. The predicted molar refractivity (Wildman–Crippen MR) is 110 cm³/mol. The Morgan fingerprint density at radius 3 is 0.512 bits per heavy atom. The second-order valence-electron chi connectivity index (χ2n) is 6.59. The van der Waals surface area contributed by atoms with Crippen LogP contribution in [0.3, 0.4) is 0 Å². The summed E-state index contributed by atoms with van der Waals surface area (Å²) in [6, 6.07) is 0. The van der Waals surface area contributed by atoms with Crippen molar-refractivity contribution in [2.45, 2.75) is 52.4 Å². The topological polar surface area (TPSA) is 149 Å². The Morgan fingerprint density at radius 1 is 0.390 bits per heavy atom. The number of aliphatic hydroxyl groups is 4. The summed E-state index contributed by atoms with van der Waals surface area (Å²) in [5, 5.41) is 32.9. The van der Waals surface area contributed by atoms with E-state index in [2.05, 4.69) is 0 Å². The first kappa shape index (κ1) is 47.7. The van der Waals surface area contributed by atoms with Crippen molar-refractivity contribution < 1.29 is 118 Å². The van der Waals surface area contributed by atoms with Gasteiger partial charge < -0.3 is 20.4 Å². The van der Waals surface area contributed by atoms with Crippen molar-refractivity contribution in [1.82, 2.24) is 0 Å². The van der Waals surface area contributed by atoms with Crippen LogP contribution in [0.25, 0.3) is 0 Å². The summed E-state index contributed by atoms with van der Waals surface area (Å²) in [5.74, 6) is -10.8. The quantitative estimate of drug-likeness (QED) is 0.151. The Kier molecular flexibility index (Phi) is 23.1. The Labute approximate surface area is 241 Å². The Bertz CT molecular complexity index is 824. The molecule has 0 aromatic heterocycles. The van der Waals surface area contributed by atoms with E-state index in [9.17, 15) is 71.9 Å². The smallest absolute Gasteiger partial charge is 0.454 e. The zero-order valence-electron chi connectivity index (χ0n) is 20.8. The fourth-order valence-electron chi connectivity index (χ4n) is 1.09. The maximum Gasteiger partial charge on any atom is 0.454 e. The number of allylic oxidation sites excluding steroid dienone is 8. The third-order valence-corrected chi connectivity index (χ3v) is 2.48. The SMILES string of the molecule is C/C(O)=C\C(=O)C(F)(F)F.C/C(O)=C\C(=O)C(F)(F)F.C/C(O)=C\C(=O)C(F)(F)F.C/C(O)=C\C(=O)C(F)(F)F.[Zr]. The fourth-order valence-corrected chi connectivity index (χ4v) is 1.09. The monoisotopic (exact) mass is 706 g/mol. The summed E-state index contributed by atoms with van der Waals surface area (Å²) in [7, 11) is 0. The van der Waals surface area contributed by atoms with Crippen molar-refractivity contribution >= 4 is 23.1 Å². The maximum absolute atomic E-state index is 11.3. The number of ketones is 4. The summed E-state index contributed by atoms with van der Waals surface area (Å²) in [6.07, 6.45) is -19.0. The molecule has 0 aliphatic heterocycles. The molecule has 8 nitrogen and oxygen atoms in total. The molecule has 0 radical (unpaired) electrons. The molecule has 0 heterocycles. The number of rotatable bonds is 4. The number of hydrogen-bond acceptors (Lipinski definition) is 8. The molecule has 236 valence electrons. The van der Waals surface area contributed by atoms with Crippen molar-refractivity contribution in [3.8, 4) is 0 Å². The molecule has 0 rings (SSSR count). The van der Waals surface area contributed by atoms with Crippen LogP contribution in [0.5, 0.6) is 0 Å². The van der Waals surface area contributed by atoms with Crippen LogP contribution in [-0.4, -0.2) is 68.3 Å². The van der Waals surface area contributed by atoms with Gasteiger partial charge in [0.1, 0.15) is 0 Å². The second kappa shape index (κ2) is 19.9. The zero-order valence-corrected chi connectivity index (χ0v) is 23.2. The molecule has 0 aromatic rings. The van der Waals surface area contributed by atoms with Gasteiger partial charge in [-0.2, -0.15) is 52.7 Å². The zero-order chi connectivity index (χ0) is 33.4. The number of halogens is 12. The van der Waals surface area contributed by atoms with Crippen LogP contribution < -0.4 is 0 Å². The van der Waals surface area contributed by atoms with E-state index < -0.39 is 70.9 Å². The van der Waals surface area contributed by atoms with Crippen LogP contribution in [0.1, 0.15) is 27.7 Å². The third-order valence-electron chi connectivity index (χ3n) is 2.48. The van der Waals surface area contributed by atoms with Crippen LogP contribution in [0.4, 0.5) is 52.7 Å². The van der Waals surface area contributed by atoms with E-state index in [0.29, 0.717) is 0 Å². The van der Waals surface area contributed by atoms with E-state index in [0.717, 1.165) is 27.7 Å². The van der Waals surface area contributed by atoms with Crippen LogP contribution in [0.2, 0.25) is 0 Å². The van der Waals surface area contributed by atoms with Crippen molar-refractivity contribution in [3.05, 3.63) is 47.3 Å². The van der Waals surface area contributed by atoms with Gasteiger partial charge in [0.05, 0.1) is 23.0 Å². The summed E-state index contributed by atoms with van der Waals surface area (Å²) in [4.78, 5) is 39.7. The normalized spacial score (nSPS) is 13.1. The van der Waals surface area contributed by atoms with Gasteiger partial charge in [-0.05, 0) is 27.7 Å². The van der Waals surface area contributed by atoms with E-state index in [4.69, 9.17) is 20.4 Å². The van der Waals surface area contributed by atoms with Gasteiger partial charge >= 0.3 is 24.7 Å². The second-order valence-corrected chi connectivity index (χ2v) is 6.59. The third kappa shape index (κ3) is 33.0. The predicted octanol–water partition coefficient (Wildman–Crippen LogP) is 6.32. The van der Waals surface area contributed by atoms with E-state index in [1.54, 1.807) is 0 Å². The largest absolute Gasteiger partial charge is 0.512 e. The minimum atomic E-state index is -4.88. The van der Waals surface area contributed by atoms with Gasteiger partial charge in [-0.25, -0.2) is 0 Å². The minimum Gasteiger partial charge on any atom is -0.512 e. The van der Waals surface area contributed by atoms with Crippen LogP contribution in [-0.2, 0) is 45.4 Å². The molecule has 0 unspecified atom stereocenters. The first-order valence-corrected chi connectivity index (χ1v) is 9.29. The Morgan fingerprint density at radius 2 is 0.488 bits per heavy atom. The van der Waals surface area contributed by atoms with Gasteiger partial charge in [0, 0.05) is 50.5 Å². The van der Waals surface area contributed by atoms with Gasteiger partial charge in [0.25, 0.3) is 23.1 Å². The van der Waals surface area contributed by atoms with Gasteiger partial charge in [-0.15, -0.1) is 0 Å². The molecule has 0 spiro atoms. The summed E-state index contributed by atoms with van der Waals surface area (Å²) < 4.78 is 136. The minimum absolute atomic E-state index is 0. The molecule has 0 amide bonds. The molecule has 0 atom stereocenters. The average Bonchev–Trinajstić information content (AvgIpc) is 2.64. The van der Waals surface area contributed by atoms with Gasteiger partial charge in [-0.1, -0.05) is 0 Å². The molecule has 0 aliphatic rings. The molecule has 0 fully saturated rings. The maximum atomic E-state index is 11.3. The van der Waals surface area contributed by atoms with Crippen LogP contribution in [0.15, 0.2) is 47.3 Å². The summed E-state index contributed by atoms with van der Waals surface area (Å²) in [6.45, 7) is 3.96. The molecular weight excluding hydrogens is 687 g/mol. The van der Waals surface area contributed by atoms with Crippen LogP contribution in [0, 0.1) is 0 Å². The summed E-state index contributed by atoms with van der Waals surface area (Å²) in [5.41, 5.74) is 0. The Hall–Kier alpha value is -3.12. The van der Waals surface area contributed by atoms with E-state index >= 15 is 0 Å². The fraction of sp³-hybridized carbons (Fsp3) is 0.400. The molecule has 0 bridgehead atoms. The van der Waals surface area contributed by atoms with E-state index in [1.807, 2.05) is 0 Å². The molecule has 21 heteroatoms. The molecule has 4 N–H and O–H groups in total.